The number of halogens is 2. The van der Waals surface area contributed by atoms with Crippen molar-refractivity contribution in [2.75, 3.05) is 5.75 Å². The van der Waals surface area contributed by atoms with E-state index in [0.29, 0.717) is 12.8 Å². The van der Waals surface area contributed by atoms with Crippen LogP contribution in [0.3, 0.4) is 0 Å². The molecular formula is C11H13Cl2NO4S. The van der Waals surface area contributed by atoms with Crippen LogP contribution in [0.1, 0.15) is 26.2 Å². The number of rotatable bonds is 3. The van der Waals surface area contributed by atoms with Gasteiger partial charge in [0.15, 0.2) is 0 Å². The third kappa shape index (κ3) is 1.63. The lowest BCUT2D eigenvalue weighted by atomic mass is 9.70. The lowest BCUT2D eigenvalue weighted by Gasteiger charge is -2.39. The second-order valence-corrected chi connectivity index (χ2v) is 8.70. The molecule has 1 aliphatic heterocycles. The Morgan fingerprint density at radius 1 is 1.53 bits per heavy atom. The van der Waals surface area contributed by atoms with E-state index in [1.54, 1.807) is 0 Å². The van der Waals surface area contributed by atoms with Gasteiger partial charge >= 0.3 is 5.23 Å². The van der Waals surface area contributed by atoms with Gasteiger partial charge in [0, 0.05) is 11.8 Å². The van der Waals surface area contributed by atoms with Crippen LogP contribution in [0.15, 0.2) is 5.16 Å². The number of alkyl halides is 2. The molecule has 1 heterocycles. The molecule has 2 aliphatic carbocycles. The molecule has 0 N–H and O–H groups in total. The summed E-state index contributed by atoms with van der Waals surface area (Å²) in [7, 11) is -3.66. The average Bonchev–Trinajstić information content (AvgIpc) is 3.09. The Bertz CT molecular complexity index is 588. The molecule has 2 saturated carbocycles. The van der Waals surface area contributed by atoms with Gasteiger partial charge in [-0.15, -0.1) is 23.2 Å². The van der Waals surface area contributed by atoms with Crippen molar-refractivity contribution >= 4 is 44.1 Å². The van der Waals surface area contributed by atoms with Gasteiger partial charge in [-0.3, -0.25) is 4.79 Å². The molecule has 3 atom stereocenters. The monoisotopic (exact) mass is 325 g/mol. The maximum Gasteiger partial charge on any atom is 0.374 e. The maximum atomic E-state index is 12.3. The van der Waals surface area contributed by atoms with Gasteiger partial charge in [-0.2, -0.15) is 0 Å². The number of hydrogen-bond acceptors (Lipinski definition) is 5. The largest absolute Gasteiger partial charge is 0.374 e. The summed E-state index contributed by atoms with van der Waals surface area (Å²) in [4.78, 5) is 16.0. The van der Waals surface area contributed by atoms with E-state index in [1.165, 1.54) is 0 Å². The van der Waals surface area contributed by atoms with E-state index in [2.05, 4.69) is 9.99 Å². The van der Waals surface area contributed by atoms with E-state index >= 15 is 0 Å². The fraction of sp³-hybridized carbons (Fsp3) is 0.818. The predicted octanol–water partition coefficient (Wildman–Crippen LogP) is 1.88. The topological polar surface area (TPSA) is 76.1 Å². The van der Waals surface area contributed by atoms with Crippen molar-refractivity contribution in [1.29, 1.82) is 0 Å². The number of hydrogen-bond donors (Lipinski definition) is 0. The van der Waals surface area contributed by atoms with Crippen LogP contribution >= 0.6 is 23.2 Å². The van der Waals surface area contributed by atoms with E-state index in [1.807, 2.05) is 6.92 Å². The molecular weight excluding hydrogens is 313 g/mol. The number of carbonyl (C=O) groups excluding carboxylic acids is 1. The Balaban J connectivity index is 2.04. The van der Waals surface area contributed by atoms with Crippen LogP contribution in [0.4, 0.5) is 0 Å². The van der Waals surface area contributed by atoms with Gasteiger partial charge in [0.05, 0.1) is 11.2 Å². The minimum atomic E-state index is -3.66. The summed E-state index contributed by atoms with van der Waals surface area (Å²) >= 11 is 12.2. The molecule has 8 heteroatoms. The van der Waals surface area contributed by atoms with Crippen LogP contribution < -0.4 is 0 Å². The molecule has 0 saturated heterocycles. The molecule has 3 aliphatic rings. The van der Waals surface area contributed by atoms with Crippen LogP contribution in [-0.4, -0.2) is 30.0 Å². The number of oxime groups is 1. The van der Waals surface area contributed by atoms with Crippen LogP contribution in [0.5, 0.6) is 0 Å². The normalized spacial score (nSPS) is 40.5. The third-order valence-electron chi connectivity index (χ3n) is 5.09. The SMILES string of the molecule is CC1(C(Cl)Cl)C2CC[C@]1(CS(=O)(=O)C1=NO1)C(=O)C2. The van der Waals surface area contributed by atoms with Gasteiger partial charge in [0.2, 0.25) is 9.84 Å². The molecule has 0 aromatic carbocycles. The Morgan fingerprint density at radius 2 is 2.16 bits per heavy atom. The summed E-state index contributed by atoms with van der Waals surface area (Å²) in [5.41, 5.74) is -1.70. The second kappa shape index (κ2) is 3.86. The summed E-state index contributed by atoms with van der Waals surface area (Å²) < 4.78 is 24.2. The highest BCUT2D eigenvalue weighted by Crippen LogP contribution is 2.67. The lowest BCUT2D eigenvalue weighted by molar-refractivity contribution is -0.128. The van der Waals surface area contributed by atoms with Crippen molar-refractivity contribution in [2.24, 2.45) is 21.9 Å². The zero-order valence-corrected chi connectivity index (χ0v) is 12.6. The molecule has 106 valence electrons. The van der Waals surface area contributed by atoms with E-state index < -0.39 is 25.5 Å². The van der Waals surface area contributed by atoms with Gasteiger partial charge in [0.25, 0.3) is 0 Å². The van der Waals surface area contributed by atoms with E-state index in [9.17, 15) is 13.2 Å². The van der Waals surface area contributed by atoms with E-state index in [4.69, 9.17) is 23.2 Å². The number of fused-ring (bicyclic) bond motifs is 2. The quantitative estimate of drug-likeness (QED) is 0.742. The summed E-state index contributed by atoms with van der Waals surface area (Å²) in [5.74, 6) is -0.305. The minimum Gasteiger partial charge on any atom is -0.316 e. The number of nitrogens with zero attached hydrogens (tertiary/aromatic N) is 1. The highest BCUT2D eigenvalue weighted by atomic mass is 35.5. The molecule has 5 nitrogen and oxygen atoms in total. The van der Waals surface area contributed by atoms with Crippen LogP contribution in [0, 0.1) is 16.7 Å². The van der Waals surface area contributed by atoms with Crippen molar-refractivity contribution in [2.45, 2.75) is 31.0 Å². The molecule has 0 amide bonds. The smallest absolute Gasteiger partial charge is 0.316 e. The second-order valence-electron chi connectivity index (χ2n) is 5.74. The molecule has 19 heavy (non-hydrogen) atoms. The van der Waals surface area contributed by atoms with Crippen molar-refractivity contribution in [3.8, 4) is 0 Å². The molecule has 2 fully saturated rings. The fourth-order valence-corrected chi connectivity index (χ4v) is 6.19. The molecule has 0 aromatic rings. The average molecular weight is 326 g/mol. The first kappa shape index (κ1) is 13.6. The molecule has 0 spiro atoms. The first-order valence-electron chi connectivity index (χ1n) is 6.03. The fourth-order valence-electron chi connectivity index (χ4n) is 3.77. The Labute approximate surface area is 121 Å². The highest BCUT2D eigenvalue weighted by Gasteiger charge is 2.70. The molecule has 2 unspecified atom stereocenters. The number of Topliss-reactive ketones (excluding diaryl/α,β-unsaturated/α-hetero) is 1. The van der Waals surface area contributed by atoms with Crippen molar-refractivity contribution in [1.82, 2.24) is 0 Å². The molecule has 0 aromatic heterocycles. The van der Waals surface area contributed by atoms with Gasteiger partial charge in [-0.25, -0.2) is 8.42 Å². The molecule has 0 radical (unpaired) electrons. The van der Waals surface area contributed by atoms with Crippen molar-refractivity contribution < 1.29 is 18.0 Å². The highest BCUT2D eigenvalue weighted by molar-refractivity contribution is 8.06. The number of sulfone groups is 1. The summed E-state index contributed by atoms with van der Waals surface area (Å²) in [6, 6.07) is 0. The minimum absolute atomic E-state index is 0.0530. The predicted molar refractivity (Wildman–Crippen MR) is 70.7 cm³/mol. The van der Waals surface area contributed by atoms with E-state index in [0.717, 1.165) is 6.42 Å². The zero-order valence-electron chi connectivity index (χ0n) is 10.2. The van der Waals surface area contributed by atoms with Crippen molar-refractivity contribution in [3.63, 3.8) is 0 Å². The first-order valence-corrected chi connectivity index (χ1v) is 8.56. The molecule has 2 bridgehead atoms. The zero-order chi connectivity index (χ0) is 14.1. The van der Waals surface area contributed by atoms with Gasteiger partial charge in [-0.05, 0) is 23.9 Å². The lowest BCUT2D eigenvalue weighted by Crippen LogP contribution is -2.47. The third-order valence-corrected chi connectivity index (χ3v) is 7.55. The Morgan fingerprint density at radius 3 is 2.63 bits per heavy atom. The van der Waals surface area contributed by atoms with Gasteiger partial charge < -0.3 is 4.84 Å². The van der Waals surface area contributed by atoms with Gasteiger partial charge in [0.1, 0.15) is 10.6 Å². The van der Waals surface area contributed by atoms with Gasteiger partial charge in [-0.1, -0.05) is 6.92 Å². The van der Waals surface area contributed by atoms with Crippen LogP contribution in [-0.2, 0) is 19.5 Å². The van der Waals surface area contributed by atoms with Crippen LogP contribution in [0.2, 0.25) is 0 Å². The number of ketones is 1. The Kier molecular flexibility index (Phi) is 2.77. The summed E-state index contributed by atoms with van der Waals surface area (Å²) in [6.45, 7) is 1.82. The summed E-state index contributed by atoms with van der Waals surface area (Å²) in [6.07, 6.45) is 1.64. The Hall–Kier alpha value is -0.330. The summed E-state index contributed by atoms with van der Waals surface area (Å²) in [5, 5.41) is 2.98. The maximum absolute atomic E-state index is 12.3. The number of carbonyl (C=O) groups is 1. The molecule has 3 rings (SSSR count). The van der Waals surface area contributed by atoms with Crippen LogP contribution in [0.25, 0.3) is 0 Å². The standard InChI is InChI=1S/C11H13Cl2NO4S/c1-10(8(12)13)6-2-3-11(10,7(15)4-6)5-19(16,17)9-14-18-9/h6,8H,2-5H2,1H3/t6?,10?,11-/m0/s1. The van der Waals surface area contributed by atoms with E-state index in [-0.39, 0.29) is 22.7 Å². The first-order chi connectivity index (χ1) is 8.74. The van der Waals surface area contributed by atoms with Crippen molar-refractivity contribution in [3.05, 3.63) is 0 Å².